The summed E-state index contributed by atoms with van der Waals surface area (Å²) in [6, 6.07) is 0. The van der Waals surface area contributed by atoms with E-state index in [9.17, 15) is 0 Å². The van der Waals surface area contributed by atoms with E-state index in [0.717, 1.165) is 38.0 Å². The minimum atomic E-state index is -0.0571. The van der Waals surface area contributed by atoms with Gasteiger partial charge in [0.25, 0.3) is 0 Å². The summed E-state index contributed by atoms with van der Waals surface area (Å²) in [6.07, 6.45) is 9.41. The molecule has 0 saturated carbocycles. The molecule has 0 N–H and O–H groups in total. The fourth-order valence-electron chi connectivity index (χ4n) is 4.05. The van der Waals surface area contributed by atoms with Crippen LogP contribution in [0.1, 0.15) is 86.5 Å². The van der Waals surface area contributed by atoms with E-state index in [1.165, 1.54) is 44.9 Å². The van der Waals surface area contributed by atoms with Crippen LogP contribution in [-0.4, -0.2) is 47.5 Å². The summed E-state index contributed by atoms with van der Waals surface area (Å²) >= 11 is 0. The van der Waals surface area contributed by atoms with Crippen molar-refractivity contribution in [1.29, 1.82) is 0 Å². The Bertz CT molecular complexity index is 334. The summed E-state index contributed by atoms with van der Waals surface area (Å²) in [5, 5.41) is 4.36. The molecule has 0 aromatic rings. The predicted molar refractivity (Wildman–Crippen MR) is 104 cm³/mol. The molecule has 2 fully saturated rings. The molecule has 4 nitrogen and oxygen atoms in total. The van der Waals surface area contributed by atoms with Crippen molar-refractivity contribution >= 4 is 0 Å². The van der Waals surface area contributed by atoms with Crippen LogP contribution in [0.4, 0.5) is 0 Å². The van der Waals surface area contributed by atoms with Crippen molar-refractivity contribution in [3.63, 3.8) is 0 Å². The lowest BCUT2D eigenvalue weighted by Gasteiger charge is -2.36. The highest BCUT2D eigenvalue weighted by molar-refractivity contribution is 4.73. The monoisotopic (exact) mass is 354 g/mol. The molecule has 0 aromatic carbocycles. The fourth-order valence-corrected chi connectivity index (χ4v) is 4.05. The number of piperidine rings is 2. The molecule has 2 saturated heterocycles. The molecule has 2 aliphatic rings. The normalized spacial score (nSPS) is 23.3. The van der Waals surface area contributed by atoms with Gasteiger partial charge in [-0.1, -0.05) is 19.3 Å². The van der Waals surface area contributed by atoms with Crippen LogP contribution < -0.4 is 0 Å². The second-order valence-corrected chi connectivity index (χ2v) is 10.1. The van der Waals surface area contributed by atoms with E-state index in [2.05, 4.69) is 51.7 Å². The van der Waals surface area contributed by atoms with Gasteiger partial charge in [0.15, 0.2) is 0 Å². The Morgan fingerprint density at radius 3 is 1.24 bits per heavy atom. The summed E-state index contributed by atoms with van der Waals surface area (Å²) in [4.78, 5) is 12.0. The summed E-state index contributed by atoms with van der Waals surface area (Å²) in [7, 11) is 0. The lowest BCUT2D eigenvalue weighted by atomic mass is 9.87. The number of hydrogen-bond acceptors (Lipinski definition) is 4. The summed E-state index contributed by atoms with van der Waals surface area (Å²) in [5.41, 5.74) is -0.114. The van der Waals surface area contributed by atoms with Gasteiger partial charge in [-0.3, -0.25) is 9.68 Å². The molecule has 2 heterocycles. The first-order valence-corrected chi connectivity index (χ1v) is 10.5. The van der Waals surface area contributed by atoms with Crippen molar-refractivity contribution in [2.24, 2.45) is 11.8 Å². The van der Waals surface area contributed by atoms with Crippen LogP contribution in [0.15, 0.2) is 0 Å². The van der Waals surface area contributed by atoms with Gasteiger partial charge in [0.2, 0.25) is 0 Å². The lowest BCUT2D eigenvalue weighted by molar-refractivity contribution is -0.239. The second-order valence-electron chi connectivity index (χ2n) is 10.1. The summed E-state index contributed by atoms with van der Waals surface area (Å²) < 4.78 is 0. The van der Waals surface area contributed by atoms with Crippen LogP contribution in [0.5, 0.6) is 0 Å². The Kier molecular flexibility index (Phi) is 7.75. The van der Waals surface area contributed by atoms with Gasteiger partial charge in [-0.2, -0.15) is 10.1 Å². The highest BCUT2D eigenvalue weighted by Crippen LogP contribution is 2.28. The summed E-state index contributed by atoms with van der Waals surface area (Å²) in [6.45, 7) is 17.2. The molecular formula is C21H42N2O2. The van der Waals surface area contributed by atoms with Crippen LogP contribution in [0.3, 0.4) is 0 Å². The van der Waals surface area contributed by atoms with Crippen LogP contribution in [0.25, 0.3) is 0 Å². The first kappa shape index (κ1) is 21.1. The molecule has 25 heavy (non-hydrogen) atoms. The van der Waals surface area contributed by atoms with Gasteiger partial charge in [-0.25, -0.2) is 0 Å². The molecule has 0 spiro atoms. The van der Waals surface area contributed by atoms with Crippen LogP contribution in [-0.2, 0) is 9.68 Å². The molecule has 0 aromatic heterocycles. The van der Waals surface area contributed by atoms with Crippen molar-refractivity contribution < 1.29 is 9.68 Å². The van der Waals surface area contributed by atoms with Crippen LogP contribution in [0.2, 0.25) is 0 Å². The van der Waals surface area contributed by atoms with E-state index >= 15 is 0 Å². The molecule has 0 aliphatic carbocycles. The molecule has 2 aliphatic heterocycles. The number of rotatable bonds is 6. The molecule has 0 bridgehead atoms. The molecule has 0 radical (unpaired) electrons. The maximum absolute atomic E-state index is 5.99. The summed E-state index contributed by atoms with van der Waals surface area (Å²) in [5.74, 6) is 1.81. The van der Waals surface area contributed by atoms with Crippen LogP contribution in [0, 0.1) is 11.8 Å². The first-order valence-electron chi connectivity index (χ1n) is 10.5. The Balaban J connectivity index is 1.54. The third kappa shape index (κ3) is 8.85. The van der Waals surface area contributed by atoms with Crippen LogP contribution >= 0.6 is 0 Å². The first-order chi connectivity index (χ1) is 11.6. The van der Waals surface area contributed by atoms with E-state index in [1.807, 2.05) is 0 Å². The molecule has 2 rings (SSSR count). The van der Waals surface area contributed by atoms with E-state index in [-0.39, 0.29) is 11.2 Å². The van der Waals surface area contributed by atoms with E-state index < -0.39 is 0 Å². The largest absolute Gasteiger partial charge is 0.293 e. The van der Waals surface area contributed by atoms with Gasteiger partial charge in [0.1, 0.15) is 0 Å². The fraction of sp³-hybridized carbons (Fsp3) is 1.00. The highest BCUT2D eigenvalue weighted by Gasteiger charge is 2.25. The lowest BCUT2D eigenvalue weighted by Crippen LogP contribution is -2.40. The van der Waals surface area contributed by atoms with Gasteiger partial charge in [-0.05, 0) is 79.1 Å². The zero-order valence-electron chi connectivity index (χ0n) is 17.6. The third-order valence-electron chi connectivity index (χ3n) is 5.18. The third-order valence-corrected chi connectivity index (χ3v) is 5.18. The van der Waals surface area contributed by atoms with Gasteiger partial charge in [-0.15, -0.1) is 0 Å². The van der Waals surface area contributed by atoms with Gasteiger partial charge < -0.3 is 0 Å². The molecule has 0 atom stereocenters. The maximum atomic E-state index is 5.99. The van der Waals surface area contributed by atoms with Gasteiger partial charge >= 0.3 is 0 Å². The molecule has 0 amide bonds. The predicted octanol–water partition coefficient (Wildman–Crippen LogP) is 5.04. The molecular weight excluding hydrogens is 312 g/mol. The van der Waals surface area contributed by atoms with Gasteiger partial charge in [0.05, 0.1) is 11.2 Å². The maximum Gasteiger partial charge on any atom is 0.0815 e. The highest BCUT2D eigenvalue weighted by atomic mass is 16.7. The van der Waals surface area contributed by atoms with Gasteiger partial charge in [0, 0.05) is 26.2 Å². The number of nitrogens with zero attached hydrogens (tertiary/aromatic N) is 2. The van der Waals surface area contributed by atoms with E-state index in [0.29, 0.717) is 0 Å². The Morgan fingerprint density at radius 1 is 0.640 bits per heavy atom. The van der Waals surface area contributed by atoms with Crippen molar-refractivity contribution in [1.82, 2.24) is 10.1 Å². The second kappa shape index (κ2) is 9.16. The average molecular weight is 355 g/mol. The topological polar surface area (TPSA) is 24.9 Å². The molecule has 148 valence electrons. The zero-order chi connectivity index (χ0) is 18.5. The zero-order valence-corrected chi connectivity index (χ0v) is 17.6. The smallest absolute Gasteiger partial charge is 0.0815 e. The van der Waals surface area contributed by atoms with E-state index in [4.69, 9.17) is 9.68 Å². The Morgan fingerprint density at radius 2 is 0.960 bits per heavy atom. The SMILES string of the molecule is CC(C)(C)ON1CCC(CCCC2CCN(OC(C)(C)C)CC2)CC1. The number of hydroxylamine groups is 4. The minimum absolute atomic E-state index is 0.0571. The van der Waals surface area contributed by atoms with Crippen molar-refractivity contribution in [3.8, 4) is 0 Å². The average Bonchev–Trinajstić information content (AvgIpc) is 2.48. The molecule has 0 unspecified atom stereocenters. The molecule has 4 heteroatoms. The Labute approximate surface area is 156 Å². The van der Waals surface area contributed by atoms with Crippen molar-refractivity contribution in [2.75, 3.05) is 26.2 Å². The number of hydrogen-bond donors (Lipinski definition) is 0. The van der Waals surface area contributed by atoms with Crippen molar-refractivity contribution in [2.45, 2.75) is 97.7 Å². The van der Waals surface area contributed by atoms with Crippen molar-refractivity contribution in [3.05, 3.63) is 0 Å². The minimum Gasteiger partial charge on any atom is -0.293 e. The standard InChI is InChI=1S/C21H42N2O2/c1-20(2,3)24-22-14-10-18(11-15-22)8-7-9-19-12-16-23(17-13-19)25-21(4,5)6/h18-19H,7-17H2,1-6H3. The Hall–Kier alpha value is -0.160. The quantitative estimate of drug-likeness (QED) is 0.667. The van der Waals surface area contributed by atoms with E-state index in [1.54, 1.807) is 0 Å².